The van der Waals surface area contributed by atoms with Crippen LogP contribution in [0.1, 0.15) is 19.8 Å². The van der Waals surface area contributed by atoms with Crippen molar-refractivity contribution in [2.75, 3.05) is 53.0 Å². The number of likely N-dealkylation sites (N-methyl/N-ethyl adjacent to an activating group) is 1. The minimum Gasteiger partial charge on any atom is -0.380 e. The van der Waals surface area contributed by atoms with E-state index in [1.165, 1.54) is 12.8 Å². The summed E-state index contributed by atoms with van der Waals surface area (Å²) in [4.78, 5) is 2.34. The summed E-state index contributed by atoms with van der Waals surface area (Å²) >= 11 is 0. The van der Waals surface area contributed by atoms with Crippen molar-refractivity contribution in [2.24, 2.45) is 0 Å². The van der Waals surface area contributed by atoms with Gasteiger partial charge in [-0.1, -0.05) is 0 Å². The van der Waals surface area contributed by atoms with Crippen molar-refractivity contribution in [2.45, 2.75) is 25.9 Å². The highest BCUT2D eigenvalue weighted by Crippen LogP contribution is 2.12. The van der Waals surface area contributed by atoms with Crippen LogP contribution < -0.4 is 5.32 Å². The molecule has 0 radical (unpaired) electrons. The second-order valence-electron chi connectivity index (χ2n) is 4.34. The van der Waals surface area contributed by atoms with E-state index in [2.05, 4.69) is 17.3 Å². The maximum Gasteiger partial charge on any atom is 0.0702 e. The van der Waals surface area contributed by atoms with Gasteiger partial charge >= 0.3 is 0 Å². The molecule has 4 nitrogen and oxygen atoms in total. The van der Waals surface area contributed by atoms with Gasteiger partial charge in [0.05, 0.1) is 12.7 Å². The molecule has 1 aliphatic rings. The quantitative estimate of drug-likeness (QED) is 0.592. The van der Waals surface area contributed by atoms with Gasteiger partial charge in [0.2, 0.25) is 0 Å². The zero-order valence-corrected chi connectivity index (χ0v) is 10.7. The predicted molar refractivity (Wildman–Crippen MR) is 65.8 cm³/mol. The summed E-state index contributed by atoms with van der Waals surface area (Å²) in [6.45, 7) is 8.70. The molecule has 1 rings (SSSR count). The first-order chi connectivity index (χ1) is 7.83. The Balaban J connectivity index is 1.87. The lowest BCUT2D eigenvalue weighted by atomic mass is 10.2. The first-order valence-corrected chi connectivity index (χ1v) is 6.41. The van der Waals surface area contributed by atoms with Crippen LogP contribution in [-0.2, 0) is 9.47 Å². The Labute approximate surface area is 99.3 Å². The first kappa shape index (κ1) is 13.9. The third-order valence-electron chi connectivity index (χ3n) is 2.84. The SMILES string of the molecule is CCOCCNCCN(C)CC1CCCO1. The Bertz CT molecular complexity index is 161. The van der Waals surface area contributed by atoms with Crippen molar-refractivity contribution in [1.82, 2.24) is 10.2 Å². The number of hydrogen-bond donors (Lipinski definition) is 1. The van der Waals surface area contributed by atoms with E-state index in [0.717, 1.165) is 46.0 Å². The maximum absolute atomic E-state index is 5.60. The Kier molecular flexibility index (Phi) is 7.76. The highest BCUT2D eigenvalue weighted by atomic mass is 16.5. The topological polar surface area (TPSA) is 33.7 Å². The van der Waals surface area contributed by atoms with Gasteiger partial charge in [-0.3, -0.25) is 0 Å². The molecule has 0 aromatic carbocycles. The van der Waals surface area contributed by atoms with Gasteiger partial charge in [-0.2, -0.15) is 0 Å². The van der Waals surface area contributed by atoms with Gasteiger partial charge in [0.25, 0.3) is 0 Å². The molecule has 0 aliphatic carbocycles. The summed E-state index contributed by atoms with van der Waals surface area (Å²) in [6.07, 6.45) is 2.92. The molecule has 1 saturated heterocycles. The summed E-state index contributed by atoms with van der Waals surface area (Å²) in [6, 6.07) is 0. The highest BCUT2D eigenvalue weighted by Gasteiger charge is 2.16. The lowest BCUT2D eigenvalue weighted by Gasteiger charge is -2.20. The summed E-state index contributed by atoms with van der Waals surface area (Å²) in [5.41, 5.74) is 0. The van der Waals surface area contributed by atoms with Crippen LogP contribution in [-0.4, -0.2) is 64.1 Å². The molecule has 0 bridgehead atoms. The molecule has 1 N–H and O–H groups in total. The van der Waals surface area contributed by atoms with Crippen LogP contribution in [0.2, 0.25) is 0 Å². The van der Waals surface area contributed by atoms with Crippen molar-refractivity contribution in [3.05, 3.63) is 0 Å². The van der Waals surface area contributed by atoms with Crippen LogP contribution >= 0.6 is 0 Å². The molecule has 0 aromatic rings. The van der Waals surface area contributed by atoms with E-state index in [1.807, 2.05) is 6.92 Å². The largest absolute Gasteiger partial charge is 0.380 e. The number of nitrogens with zero attached hydrogens (tertiary/aromatic N) is 1. The fourth-order valence-electron chi connectivity index (χ4n) is 1.91. The third kappa shape index (κ3) is 6.43. The molecule has 96 valence electrons. The van der Waals surface area contributed by atoms with E-state index < -0.39 is 0 Å². The zero-order valence-electron chi connectivity index (χ0n) is 10.7. The van der Waals surface area contributed by atoms with Gasteiger partial charge in [-0.15, -0.1) is 0 Å². The Morgan fingerprint density at radius 2 is 2.31 bits per heavy atom. The van der Waals surface area contributed by atoms with E-state index >= 15 is 0 Å². The first-order valence-electron chi connectivity index (χ1n) is 6.41. The second-order valence-corrected chi connectivity index (χ2v) is 4.34. The van der Waals surface area contributed by atoms with E-state index in [-0.39, 0.29) is 0 Å². The predicted octanol–water partition coefficient (Wildman–Crippen LogP) is 0.723. The van der Waals surface area contributed by atoms with Gasteiger partial charge in [0, 0.05) is 39.4 Å². The highest BCUT2D eigenvalue weighted by molar-refractivity contribution is 4.68. The number of hydrogen-bond acceptors (Lipinski definition) is 4. The smallest absolute Gasteiger partial charge is 0.0702 e. The molecular weight excluding hydrogens is 204 g/mol. The monoisotopic (exact) mass is 230 g/mol. The van der Waals surface area contributed by atoms with Crippen molar-refractivity contribution in [3.8, 4) is 0 Å². The molecule has 0 saturated carbocycles. The average Bonchev–Trinajstić information content (AvgIpc) is 2.76. The van der Waals surface area contributed by atoms with Gasteiger partial charge < -0.3 is 19.7 Å². The van der Waals surface area contributed by atoms with Crippen molar-refractivity contribution in [1.29, 1.82) is 0 Å². The number of ether oxygens (including phenoxy) is 2. The molecular formula is C12H26N2O2. The minimum atomic E-state index is 0.466. The molecule has 4 heteroatoms. The average molecular weight is 230 g/mol. The molecule has 1 unspecified atom stereocenters. The van der Waals surface area contributed by atoms with Crippen molar-refractivity contribution < 1.29 is 9.47 Å². The number of rotatable bonds is 9. The van der Waals surface area contributed by atoms with E-state index in [1.54, 1.807) is 0 Å². The van der Waals surface area contributed by atoms with Gasteiger partial charge in [0.15, 0.2) is 0 Å². The van der Waals surface area contributed by atoms with E-state index in [4.69, 9.17) is 9.47 Å². The maximum atomic E-state index is 5.60. The summed E-state index contributed by atoms with van der Waals surface area (Å²) in [5.74, 6) is 0. The van der Waals surface area contributed by atoms with Crippen LogP contribution in [0.5, 0.6) is 0 Å². The molecule has 0 amide bonds. The molecule has 0 aromatic heterocycles. The van der Waals surface area contributed by atoms with E-state index in [9.17, 15) is 0 Å². The molecule has 1 aliphatic heterocycles. The Morgan fingerprint density at radius 3 is 3.00 bits per heavy atom. The summed E-state index contributed by atoms with van der Waals surface area (Å²) in [7, 11) is 2.16. The van der Waals surface area contributed by atoms with Crippen LogP contribution in [0.15, 0.2) is 0 Å². The van der Waals surface area contributed by atoms with Crippen LogP contribution in [0, 0.1) is 0 Å². The van der Waals surface area contributed by atoms with Crippen LogP contribution in [0.3, 0.4) is 0 Å². The van der Waals surface area contributed by atoms with Gasteiger partial charge in [0.1, 0.15) is 0 Å². The fourth-order valence-corrected chi connectivity index (χ4v) is 1.91. The second kappa shape index (κ2) is 8.93. The van der Waals surface area contributed by atoms with Crippen molar-refractivity contribution in [3.63, 3.8) is 0 Å². The molecule has 1 fully saturated rings. The molecule has 1 atom stereocenters. The molecule has 16 heavy (non-hydrogen) atoms. The Morgan fingerprint density at radius 1 is 1.44 bits per heavy atom. The van der Waals surface area contributed by atoms with Crippen LogP contribution in [0.4, 0.5) is 0 Å². The number of nitrogens with one attached hydrogen (secondary N) is 1. The van der Waals surface area contributed by atoms with Gasteiger partial charge in [-0.05, 0) is 26.8 Å². The van der Waals surface area contributed by atoms with Gasteiger partial charge in [-0.25, -0.2) is 0 Å². The molecule has 1 heterocycles. The lowest BCUT2D eigenvalue weighted by molar-refractivity contribution is 0.0811. The van der Waals surface area contributed by atoms with Crippen molar-refractivity contribution >= 4 is 0 Å². The zero-order chi connectivity index (χ0) is 11.6. The standard InChI is InChI=1S/C12H26N2O2/c1-3-15-10-7-13-6-8-14(2)11-12-5-4-9-16-12/h12-13H,3-11H2,1-2H3. The summed E-state index contributed by atoms with van der Waals surface area (Å²) in [5, 5.41) is 3.37. The summed E-state index contributed by atoms with van der Waals surface area (Å²) < 4.78 is 10.9. The van der Waals surface area contributed by atoms with E-state index in [0.29, 0.717) is 6.10 Å². The fraction of sp³-hybridized carbons (Fsp3) is 1.00. The minimum absolute atomic E-state index is 0.466. The third-order valence-corrected chi connectivity index (χ3v) is 2.84. The van der Waals surface area contributed by atoms with Crippen LogP contribution in [0.25, 0.3) is 0 Å². The normalized spacial score (nSPS) is 20.8. The lowest BCUT2D eigenvalue weighted by Crippen LogP contribution is -2.35. The molecule has 0 spiro atoms. The Hall–Kier alpha value is -0.160.